The fourth-order valence-electron chi connectivity index (χ4n) is 4.43. The number of hydrogen-bond donors (Lipinski definition) is 3. The van der Waals surface area contributed by atoms with Crippen LogP contribution in [-0.2, 0) is 19.1 Å². The fourth-order valence-corrected chi connectivity index (χ4v) is 5.45. The van der Waals surface area contributed by atoms with E-state index in [1.807, 2.05) is 41.5 Å². The summed E-state index contributed by atoms with van der Waals surface area (Å²) in [6, 6.07) is -3.02. The van der Waals surface area contributed by atoms with E-state index in [0.717, 1.165) is 0 Å². The molecule has 6 bridgehead atoms. The molecule has 12 heteroatoms. The van der Waals surface area contributed by atoms with Crippen LogP contribution in [-0.4, -0.2) is 71.4 Å². The van der Waals surface area contributed by atoms with Gasteiger partial charge in [-0.15, -0.1) is 11.3 Å². The average Bonchev–Trinajstić information content (AvgIpc) is 3.57. The number of rotatable bonds is 3. The van der Waals surface area contributed by atoms with Crippen LogP contribution in [0.15, 0.2) is 15.4 Å². The molecule has 11 nitrogen and oxygen atoms in total. The zero-order valence-corrected chi connectivity index (χ0v) is 23.1. The molecule has 0 saturated heterocycles. The highest BCUT2D eigenvalue weighted by Crippen LogP contribution is 2.27. The van der Waals surface area contributed by atoms with Crippen molar-refractivity contribution in [3.05, 3.63) is 16.1 Å². The highest BCUT2D eigenvalue weighted by molar-refractivity contribution is 7.09. The first-order valence-electron chi connectivity index (χ1n) is 12.8. The third kappa shape index (κ3) is 5.63. The van der Waals surface area contributed by atoms with Gasteiger partial charge in [0.15, 0.2) is 12.1 Å². The van der Waals surface area contributed by atoms with Crippen molar-refractivity contribution in [2.24, 2.45) is 27.7 Å². The zero-order valence-electron chi connectivity index (χ0n) is 22.3. The van der Waals surface area contributed by atoms with Crippen molar-refractivity contribution in [2.45, 2.75) is 84.8 Å². The van der Waals surface area contributed by atoms with E-state index in [0.29, 0.717) is 16.8 Å². The van der Waals surface area contributed by atoms with Gasteiger partial charge in [-0.2, -0.15) is 0 Å². The van der Waals surface area contributed by atoms with E-state index in [9.17, 15) is 14.4 Å². The Bertz CT molecular complexity index is 1110. The monoisotopic (exact) mass is 532 g/mol. The van der Waals surface area contributed by atoms with Gasteiger partial charge < -0.3 is 25.4 Å². The summed E-state index contributed by atoms with van der Waals surface area (Å²) in [5, 5.41) is 11.3. The lowest BCUT2D eigenvalue weighted by Gasteiger charge is -2.23. The van der Waals surface area contributed by atoms with E-state index in [1.54, 1.807) is 12.3 Å². The standard InChI is InChI=1S/C25H36N6O5S/c1-10(2)16-23-26-14(8-35-23)20(32)30-18(12(5)6)25-27-15(9-37-25)21(33)28-17(11(3)4)24-31-19(13(7)36-24)22(34)29-16/h9-14,16-19H,8H2,1-7H3,(H,28,33)(H,29,34)(H,30,32)/t13-,14-,16+,17+,18+,19+/m1/s1. The lowest BCUT2D eigenvalue weighted by Crippen LogP contribution is -2.49. The second-order valence-corrected chi connectivity index (χ2v) is 11.6. The van der Waals surface area contributed by atoms with Crippen LogP contribution in [0, 0.1) is 17.8 Å². The molecule has 202 valence electrons. The number of aromatic nitrogens is 1. The van der Waals surface area contributed by atoms with Crippen LogP contribution in [0.5, 0.6) is 0 Å². The van der Waals surface area contributed by atoms with E-state index in [1.165, 1.54) is 11.3 Å². The SMILES string of the molecule is CC(C)[C@@H]1NC(=O)[C@H]2N=C(O[C@@H]2C)[C@H](C(C)C)NC(=O)c2csc(n2)[C@H](C(C)C)NC(=O)[C@H]2COC1=N2. The number of nitrogens with one attached hydrogen (secondary N) is 3. The fraction of sp³-hybridized carbons (Fsp3) is 0.680. The summed E-state index contributed by atoms with van der Waals surface area (Å²) in [6.07, 6.45) is -0.523. The molecular weight excluding hydrogens is 496 g/mol. The molecule has 4 rings (SSSR count). The minimum Gasteiger partial charge on any atom is -0.477 e. The van der Waals surface area contributed by atoms with Crippen LogP contribution in [0.1, 0.15) is 70.0 Å². The van der Waals surface area contributed by atoms with Crippen molar-refractivity contribution >= 4 is 40.9 Å². The Hall–Kier alpha value is -3.02. The Morgan fingerprint density at radius 1 is 0.865 bits per heavy atom. The molecule has 0 aromatic carbocycles. The number of aliphatic imine (C=N–C) groups is 2. The average molecular weight is 533 g/mol. The molecular formula is C25H36N6O5S. The lowest BCUT2D eigenvalue weighted by atomic mass is 10.0. The van der Waals surface area contributed by atoms with Gasteiger partial charge in [0.05, 0.1) is 6.04 Å². The Balaban J connectivity index is 1.74. The maximum Gasteiger partial charge on any atom is 0.271 e. The summed E-state index contributed by atoms with van der Waals surface area (Å²) < 4.78 is 11.8. The quantitative estimate of drug-likeness (QED) is 0.542. The van der Waals surface area contributed by atoms with Crippen molar-refractivity contribution < 1.29 is 23.9 Å². The minimum atomic E-state index is -0.799. The molecule has 37 heavy (non-hydrogen) atoms. The van der Waals surface area contributed by atoms with Gasteiger partial charge >= 0.3 is 0 Å². The maximum atomic E-state index is 13.3. The molecule has 3 aliphatic rings. The van der Waals surface area contributed by atoms with Crippen LogP contribution >= 0.6 is 11.3 Å². The summed E-state index contributed by atoms with van der Waals surface area (Å²) in [5.74, 6) is -0.438. The first-order valence-corrected chi connectivity index (χ1v) is 13.7. The predicted octanol–water partition coefficient (Wildman–Crippen LogP) is 1.85. The van der Waals surface area contributed by atoms with Crippen LogP contribution in [0.2, 0.25) is 0 Å². The Kier molecular flexibility index (Phi) is 7.86. The number of carbonyl (C=O) groups excluding carboxylic acids is 3. The summed E-state index contributed by atoms with van der Waals surface area (Å²) in [7, 11) is 0. The molecule has 1 aromatic heterocycles. The summed E-state index contributed by atoms with van der Waals surface area (Å²) in [4.78, 5) is 53.2. The molecule has 1 aromatic rings. The Morgan fingerprint density at radius 3 is 2.14 bits per heavy atom. The largest absolute Gasteiger partial charge is 0.477 e. The molecule has 0 spiro atoms. The van der Waals surface area contributed by atoms with Crippen LogP contribution in [0.4, 0.5) is 0 Å². The van der Waals surface area contributed by atoms with Crippen molar-refractivity contribution in [1.29, 1.82) is 0 Å². The zero-order chi connectivity index (χ0) is 27.0. The number of amides is 3. The number of nitrogens with zero attached hydrogens (tertiary/aromatic N) is 3. The van der Waals surface area contributed by atoms with Gasteiger partial charge in [-0.1, -0.05) is 41.5 Å². The summed E-state index contributed by atoms with van der Waals surface area (Å²) >= 11 is 1.32. The first-order chi connectivity index (χ1) is 17.5. The first kappa shape index (κ1) is 27.0. The van der Waals surface area contributed by atoms with E-state index < -0.39 is 36.3 Å². The van der Waals surface area contributed by atoms with Gasteiger partial charge in [0.2, 0.25) is 23.6 Å². The predicted molar refractivity (Wildman–Crippen MR) is 140 cm³/mol. The smallest absolute Gasteiger partial charge is 0.271 e. The molecule has 0 radical (unpaired) electrons. The van der Waals surface area contributed by atoms with E-state index in [2.05, 4.69) is 30.9 Å². The van der Waals surface area contributed by atoms with Crippen LogP contribution < -0.4 is 16.0 Å². The van der Waals surface area contributed by atoms with Gasteiger partial charge in [0, 0.05) is 5.38 Å². The van der Waals surface area contributed by atoms with Crippen LogP contribution in [0.3, 0.4) is 0 Å². The molecule has 0 unspecified atom stereocenters. The topological polar surface area (TPSA) is 143 Å². The minimum absolute atomic E-state index is 0.0214. The molecule has 3 aliphatic heterocycles. The van der Waals surface area contributed by atoms with E-state index >= 15 is 0 Å². The molecule has 0 fully saturated rings. The number of ether oxygens (including phenoxy) is 2. The number of hydrogen-bond acceptors (Lipinski definition) is 9. The highest BCUT2D eigenvalue weighted by atomic mass is 32.1. The van der Waals surface area contributed by atoms with Crippen molar-refractivity contribution in [1.82, 2.24) is 20.9 Å². The van der Waals surface area contributed by atoms with Gasteiger partial charge in [-0.3, -0.25) is 14.4 Å². The number of fused-ring (bicyclic) bond motifs is 4. The Labute approximate surface area is 220 Å². The van der Waals surface area contributed by atoms with Gasteiger partial charge in [-0.05, 0) is 24.7 Å². The van der Waals surface area contributed by atoms with Gasteiger partial charge in [-0.25, -0.2) is 15.0 Å². The van der Waals surface area contributed by atoms with E-state index in [4.69, 9.17) is 9.47 Å². The third-order valence-electron chi connectivity index (χ3n) is 6.70. The molecule has 0 saturated carbocycles. The molecule has 4 heterocycles. The highest BCUT2D eigenvalue weighted by Gasteiger charge is 2.41. The normalized spacial score (nSPS) is 30.6. The van der Waals surface area contributed by atoms with Crippen molar-refractivity contribution in [2.75, 3.05) is 6.61 Å². The van der Waals surface area contributed by atoms with E-state index in [-0.39, 0.29) is 47.8 Å². The Morgan fingerprint density at radius 2 is 1.49 bits per heavy atom. The lowest BCUT2D eigenvalue weighted by molar-refractivity contribution is -0.124. The van der Waals surface area contributed by atoms with Crippen LogP contribution in [0.25, 0.3) is 0 Å². The van der Waals surface area contributed by atoms with Gasteiger partial charge in [0.25, 0.3) is 5.91 Å². The number of carbonyl (C=O) groups is 3. The summed E-state index contributed by atoms with van der Waals surface area (Å²) in [6.45, 7) is 13.6. The van der Waals surface area contributed by atoms with Gasteiger partial charge in [0.1, 0.15) is 35.5 Å². The van der Waals surface area contributed by atoms with Crippen molar-refractivity contribution in [3.8, 4) is 0 Å². The molecule has 3 N–H and O–H groups in total. The number of thiazole rings is 1. The maximum absolute atomic E-state index is 13.3. The molecule has 3 amide bonds. The second kappa shape index (κ2) is 10.8. The molecule has 0 aliphatic carbocycles. The summed E-state index contributed by atoms with van der Waals surface area (Å²) in [5.41, 5.74) is 0.247. The molecule has 6 atom stereocenters. The second-order valence-electron chi connectivity index (χ2n) is 10.8. The van der Waals surface area contributed by atoms with Crippen molar-refractivity contribution in [3.63, 3.8) is 0 Å². The third-order valence-corrected chi connectivity index (χ3v) is 7.62.